The van der Waals surface area contributed by atoms with Crippen LogP contribution in [0.3, 0.4) is 0 Å². The summed E-state index contributed by atoms with van der Waals surface area (Å²) >= 11 is 0. The van der Waals surface area contributed by atoms with Crippen LogP contribution in [0.4, 0.5) is 11.4 Å². The maximum atomic E-state index is 6.01. The highest BCUT2D eigenvalue weighted by molar-refractivity contribution is 5.45. The predicted molar refractivity (Wildman–Crippen MR) is 183 cm³/mol. The van der Waals surface area contributed by atoms with Gasteiger partial charge in [0.25, 0.3) is 0 Å². The number of anilines is 2. The Labute approximate surface area is 255 Å². The predicted octanol–water partition coefficient (Wildman–Crippen LogP) is 11.2. The highest BCUT2D eigenvalue weighted by Gasteiger charge is 2.19. The minimum Gasteiger partial charge on any atom is -0.399 e. The molecule has 2 unspecified atom stereocenters. The van der Waals surface area contributed by atoms with E-state index in [1.165, 1.54) is 84.7 Å². The number of nitrogens with two attached hydrogens (primary N) is 2. The molecule has 222 valence electrons. The van der Waals surface area contributed by atoms with E-state index in [9.17, 15) is 0 Å². The molecule has 42 heavy (non-hydrogen) atoms. The zero-order valence-electron chi connectivity index (χ0n) is 26.2. The van der Waals surface area contributed by atoms with Gasteiger partial charge in [0.05, 0.1) is 0 Å². The van der Waals surface area contributed by atoms with Crippen molar-refractivity contribution in [3.63, 3.8) is 0 Å². The lowest BCUT2D eigenvalue weighted by molar-refractivity contribution is 0.617. The highest BCUT2D eigenvalue weighted by Crippen LogP contribution is 2.36. The Kier molecular flexibility index (Phi) is 12.1. The van der Waals surface area contributed by atoms with Gasteiger partial charge in [0.2, 0.25) is 0 Å². The second kappa shape index (κ2) is 16.2. The number of hydrogen-bond donors (Lipinski definition) is 2. The van der Waals surface area contributed by atoms with Gasteiger partial charge >= 0.3 is 0 Å². The molecule has 0 aliphatic rings. The maximum Gasteiger partial charge on any atom is 0.0314 e. The van der Waals surface area contributed by atoms with Crippen LogP contribution in [0.5, 0.6) is 0 Å². The maximum absolute atomic E-state index is 6.01. The first-order valence-electron chi connectivity index (χ1n) is 16.4. The largest absolute Gasteiger partial charge is 0.399 e. The van der Waals surface area contributed by atoms with Gasteiger partial charge in [0.1, 0.15) is 0 Å². The van der Waals surface area contributed by atoms with E-state index in [0.29, 0.717) is 17.8 Å². The number of rotatable bonds is 16. The summed E-state index contributed by atoms with van der Waals surface area (Å²) in [5, 5.41) is 0. The number of nitrogen functional groups attached to an aromatic ring is 2. The van der Waals surface area contributed by atoms with Crippen molar-refractivity contribution in [3.05, 3.63) is 130 Å². The van der Waals surface area contributed by atoms with E-state index in [0.717, 1.165) is 24.2 Å². The third kappa shape index (κ3) is 8.51. The molecule has 0 saturated carbocycles. The fourth-order valence-corrected chi connectivity index (χ4v) is 6.44. The van der Waals surface area contributed by atoms with Crippen molar-refractivity contribution in [2.45, 2.75) is 103 Å². The summed E-state index contributed by atoms with van der Waals surface area (Å²) in [6.45, 7) is 6.85. The minimum atomic E-state index is 0.406. The Hall–Kier alpha value is -3.52. The Balaban J connectivity index is 1.57. The van der Waals surface area contributed by atoms with Crippen molar-refractivity contribution in [1.82, 2.24) is 0 Å². The summed E-state index contributed by atoms with van der Waals surface area (Å²) in [7, 11) is 0. The molecule has 0 aliphatic heterocycles. The van der Waals surface area contributed by atoms with Crippen LogP contribution in [-0.2, 0) is 0 Å². The summed E-state index contributed by atoms with van der Waals surface area (Å²) in [6, 6.07) is 36.1. The van der Waals surface area contributed by atoms with Gasteiger partial charge in [-0.05, 0) is 76.9 Å². The van der Waals surface area contributed by atoms with Gasteiger partial charge in [-0.2, -0.15) is 0 Å². The van der Waals surface area contributed by atoms with Crippen LogP contribution in [0.25, 0.3) is 0 Å². The normalized spacial score (nSPS) is 13.5. The van der Waals surface area contributed by atoms with Crippen LogP contribution < -0.4 is 11.5 Å². The van der Waals surface area contributed by atoms with Crippen molar-refractivity contribution in [1.29, 1.82) is 0 Å². The van der Waals surface area contributed by atoms with Crippen LogP contribution >= 0.6 is 0 Å². The number of unbranched alkanes of at least 4 members (excludes halogenated alkanes) is 4. The smallest absolute Gasteiger partial charge is 0.0314 e. The van der Waals surface area contributed by atoms with E-state index in [1.807, 2.05) is 24.3 Å². The van der Waals surface area contributed by atoms with Crippen LogP contribution in [0.1, 0.15) is 136 Å². The fraction of sp³-hybridized carbons (Fsp3) is 0.400. The molecule has 0 fully saturated rings. The molecule has 0 radical (unpaired) electrons. The van der Waals surface area contributed by atoms with Gasteiger partial charge in [0.15, 0.2) is 0 Å². The molecule has 0 heterocycles. The van der Waals surface area contributed by atoms with Crippen molar-refractivity contribution < 1.29 is 0 Å². The van der Waals surface area contributed by atoms with E-state index < -0.39 is 0 Å². The van der Waals surface area contributed by atoms with Gasteiger partial charge < -0.3 is 11.5 Å². The molecule has 0 aromatic heterocycles. The minimum absolute atomic E-state index is 0.406. The fourth-order valence-electron chi connectivity index (χ4n) is 6.44. The first-order valence-corrected chi connectivity index (χ1v) is 16.4. The quantitative estimate of drug-likeness (QED) is 0.106. The van der Waals surface area contributed by atoms with Crippen molar-refractivity contribution in [2.75, 3.05) is 11.5 Å². The molecule has 2 nitrogen and oxygen atoms in total. The topological polar surface area (TPSA) is 52.0 Å². The van der Waals surface area contributed by atoms with Gasteiger partial charge in [0, 0.05) is 29.1 Å². The van der Waals surface area contributed by atoms with Crippen molar-refractivity contribution in [3.8, 4) is 0 Å². The van der Waals surface area contributed by atoms with E-state index in [4.69, 9.17) is 11.5 Å². The standard InChI is InChI=1S/C40H52N2/c1-4-7-9-12-39(34-22-26-36(41)27-23-34)32-18-14-30(15-19-32)38(11-6-3)31-16-20-33(21-17-31)40(13-10-8-5-2)35-24-28-37(42)29-25-35/h14-29,38-40H,4-13,41-42H2,1-3H3. The molecule has 0 amide bonds. The van der Waals surface area contributed by atoms with Crippen LogP contribution in [0.2, 0.25) is 0 Å². The third-order valence-corrected chi connectivity index (χ3v) is 8.93. The van der Waals surface area contributed by atoms with E-state index in [2.05, 4.69) is 93.6 Å². The monoisotopic (exact) mass is 560 g/mol. The summed E-state index contributed by atoms with van der Waals surface area (Å²) in [5.74, 6) is 1.23. The molecule has 4 rings (SSSR count). The van der Waals surface area contributed by atoms with E-state index in [-0.39, 0.29) is 0 Å². The molecule has 0 saturated heterocycles. The van der Waals surface area contributed by atoms with Crippen molar-refractivity contribution in [2.24, 2.45) is 0 Å². The van der Waals surface area contributed by atoms with E-state index in [1.54, 1.807) is 0 Å². The summed E-state index contributed by atoms with van der Waals surface area (Å²) in [6.07, 6.45) is 12.2. The first kappa shape index (κ1) is 31.4. The number of hydrogen-bond acceptors (Lipinski definition) is 2. The Morgan fingerprint density at radius 2 is 0.619 bits per heavy atom. The van der Waals surface area contributed by atoms with Gasteiger partial charge in [-0.3, -0.25) is 0 Å². The average molecular weight is 561 g/mol. The lowest BCUT2D eigenvalue weighted by atomic mass is 9.82. The zero-order valence-corrected chi connectivity index (χ0v) is 26.2. The number of benzene rings is 4. The second-order valence-corrected chi connectivity index (χ2v) is 12.1. The molecule has 0 aliphatic carbocycles. The van der Waals surface area contributed by atoms with Gasteiger partial charge in [-0.25, -0.2) is 0 Å². The molecule has 0 bridgehead atoms. The van der Waals surface area contributed by atoms with Gasteiger partial charge in [-0.15, -0.1) is 0 Å². The first-order chi connectivity index (χ1) is 20.5. The SMILES string of the molecule is CCCCCC(c1ccc(N)cc1)c1ccc(C(CCC)c2ccc(C(CCCCC)c3ccc(N)cc3)cc2)cc1. The van der Waals surface area contributed by atoms with Crippen LogP contribution in [0.15, 0.2) is 97.1 Å². The molecule has 4 aromatic rings. The summed E-state index contributed by atoms with van der Waals surface area (Å²) in [5.41, 5.74) is 22.0. The second-order valence-electron chi connectivity index (χ2n) is 12.1. The van der Waals surface area contributed by atoms with Crippen LogP contribution in [0, 0.1) is 0 Å². The summed E-state index contributed by atoms with van der Waals surface area (Å²) < 4.78 is 0. The Morgan fingerprint density at radius 1 is 0.357 bits per heavy atom. The van der Waals surface area contributed by atoms with Crippen LogP contribution in [-0.4, -0.2) is 0 Å². The molecular formula is C40H52N2. The zero-order chi connectivity index (χ0) is 29.7. The molecule has 2 atom stereocenters. The molecule has 4 aromatic carbocycles. The summed E-state index contributed by atoms with van der Waals surface area (Å²) in [4.78, 5) is 0. The molecule has 0 spiro atoms. The molecule has 2 heteroatoms. The Bertz CT molecular complexity index is 1200. The Morgan fingerprint density at radius 3 is 0.881 bits per heavy atom. The third-order valence-electron chi connectivity index (χ3n) is 8.93. The lowest BCUT2D eigenvalue weighted by Gasteiger charge is -2.23. The molecular weight excluding hydrogens is 508 g/mol. The van der Waals surface area contributed by atoms with E-state index >= 15 is 0 Å². The lowest BCUT2D eigenvalue weighted by Crippen LogP contribution is -2.06. The molecule has 4 N–H and O–H groups in total. The van der Waals surface area contributed by atoms with Crippen molar-refractivity contribution >= 4 is 11.4 Å². The van der Waals surface area contributed by atoms with Gasteiger partial charge in [-0.1, -0.05) is 139 Å². The average Bonchev–Trinajstić information content (AvgIpc) is 3.02. The highest BCUT2D eigenvalue weighted by atomic mass is 14.5.